The number of benzene rings is 2. The van der Waals surface area contributed by atoms with Gasteiger partial charge in [-0.05, 0) is 49.3 Å². The second-order valence-corrected chi connectivity index (χ2v) is 6.05. The molecule has 0 saturated heterocycles. The molecule has 6 heteroatoms. The van der Waals surface area contributed by atoms with E-state index in [0.29, 0.717) is 23.2 Å². The Balaban J connectivity index is 1.88. The summed E-state index contributed by atoms with van der Waals surface area (Å²) in [4.78, 5) is 0. The first kappa shape index (κ1) is 19.0. The molecule has 0 amide bonds. The molecule has 0 aromatic heterocycles. The van der Waals surface area contributed by atoms with E-state index in [9.17, 15) is 5.11 Å². The molecule has 0 aliphatic rings. The fourth-order valence-corrected chi connectivity index (χ4v) is 2.71. The number of hydrogen-bond acceptors (Lipinski definition) is 4. The molecule has 2 rings (SSSR count). The lowest BCUT2D eigenvalue weighted by atomic mass is 10.1. The molecule has 25 heavy (non-hydrogen) atoms. The van der Waals surface area contributed by atoms with Gasteiger partial charge in [-0.3, -0.25) is 0 Å². The van der Waals surface area contributed by atoms with Crippen molar-refractivity contribution in [2.75, 3.05) is 26.1 Å². The zero-order valence-corrected chi connectivity index (χ0v) is 15.6. The van der Waals surface area contributed by atoms with Crippen molar-refractivity contribution < 1.29 is 14.6 Å². The van der Waals surface area contributed by atoms with E-state index in [2.05, 4.69) is 10.6 Å². The second kappa shape index (κ2) is 9.25. The molecule has 0 heterocycles. The van der Waals surface area contributed by atoms with Crippen LogP contribution in [0.4, 0.5) is 5.69 Å². The van der Waals surface area contributed by atoms with Crippen molar-refractivity contribution in [1.82, 2.24) is 5.32 Å². The lowest BCUT2D eigenvalue weighted by Gasteiger charge is -2.14. The third-order valence-corrected chi connectivity index (χ3v) is 4.07. The fourth-order valence-electron chi connectivity index (χ4n) is 2.50. The van der Waals surface area contributed by atoms with Crippen molar-refractivity contribution in [2.45, 2.75) is 20.0 Å². The Morgan fingerprint density at radius 2 is 1.84 bits per heavy atom. The van der Waals surface area contributed by atoms with Gasteiger partial charge in [0.1, 0.15) is 0 Å². The summed E-state index contributed by atoms with van der Waals surface area (Å²) in [5, 5.41) is 16.3. The molecule has 0 unspecified atom stereocenters. The fraction of sp³-hybridized carbons (Fsp3) is 0.316. The van der Waals surface area contributed by atoms with Crippen molar-refractivity contribution >= 4 is 23.0 Å². The highest BCUT2D eigenvalue weighted by atomic mass is 32.1. The minimum atomic E-state index is -0.0295. The number of hydrogen-bond donors (Lipinski definition) is 3. The number of aryl methyl sites for hydroxylation is 1. The summed E-state index contributed by atoms with van der Waals surface area (Å²) in [6.45, 7) is 2.64. The molecule has 0 atom stereocenters. The summed E-state index contributed by atoms with van der Waals surface area (Å²) in [5.41, 5.74) is 3.86. The molecule has 0 fully saturated rings. The number of anilines is 1. The minimum absolute atomic E-state index is 0.0295. The normalized spacial score (nSPS) is 10.2. The molecule has 134 valence electrons. The van der Waals surface area contributed by atoms with Crippen LogP contribution in [0.5, 0.6) is 11.5 Å². The van der Waals surface area contributed by atoms with Crippen molar-refractivity contribution in [2.24, 2.45) is 0 Å². The predicted molar refractivity (Wildman–Crippen MR) is 105 cm³/mol. The molecular weight excluding hydrogens is 336 g/mol. The van der Waals surface area contributed by atoms with Crippen LogP contribution in [0.1, 0.15) is 16.7 Å². The molecule has 0 saturated carbocycles. The van der Waals surface area contributed by atoms with Gasteiger partial charge in [-0.1, -0.05) is 23.8 Å². The number of nitrogens with one attached hydrogen (secondary N) is 2. The summed E-state index contributed by atoms with van der Waals surface area (Å²) in [6.07, 6.45) is 0.795. The highest BCUT2D eigenvalue weighted by molar-refractivity contribution is 7.80. The zero-order chi connectivity index (χ0) is 18.2. The van der Waals surface area contributed by atoms with E-state index in [0.717, 1.165) is 28.8 Å². The van der Waals surface area contributed by atoms with E-state index in [1.54, 1.807) is 14.2 Å². The number of ether oxygens (including phenoxy) is 2. The first-order valence-corrected chi connectivity index (χ1v) is 8.44. The van der Waals surface area contributed by atoms with E-state index in [1.807, 2.05) is 43.3 Å². The predicted octanol–water partition coefficient (Wildman–Crippen LogP) is 3.03. The minimum Gasteiger partial charge on any atom is -0.493 e. The summed E-state index contributed by atoms with van der Waals surface area (Å²) < 4.78 is 10.5. The summed E-state index contributed by atoms with van der Waals surface area (Å²) in [5.74, 6) is 1.43. The summed E-state index contributed by atoms with van der Waals surface area (Å²) >= 11 is 5.33. The van der Waals surface area contributed by atoms with Crippen molar-refractivity contribution in [3.63, 3.8) is 0 Å². The second-order valence-electron chi connectivity index (χ2n) is 5.64. The highest BCUT2D eigenvalue weighted by Gasteiger charge is 2.06. The first-order chi connectivity index (χ1) is 12.1. The van der Waals surface area contributed by atoms with Crippen LogP contribution in [-0.4, -0.2) is 31.0 Å². The van der Waals surface area contributed by atoms with E-state index in [-0.39, 0.29) is 6.61 Å². The van der Waals surface area contributed by atoms with Crippen LogP contribution in [0.3, 0.4) is 0 Å². The molecule has 2 aromatic carbocycles. The van der Waals surface area contributed by atoms with E-state index in [4.69, 9.17) is 21.7 Å². The summed E-state index contributed by atoms with van der Waals surface area (Å²) in [6, 6.07) is 11.7. The third kappa shape index (κ3) is 5.34. The number of methoxy groups -OCH3 is 2. The summed E-state index contributed by atoms with van der Waals surface area (Å²) in [7, 11) is 3.24. The van der Waals surface area contributed by atoms with Crippen LogP contribution in [-0.2, 0) is 13.0 Å². The smallest absolute Gasteiger partial charge is 0.170 e. The van der Waals surface area contributed by atoms with Crippen molar-refractivity contribution in [3.05, 3.63) is 53.1 Å². The maximum absolute atomic E-state index is 9.45. The van der Waals surface area contributed by atoms with Crippen LogP contribution in [0, 0.1) is 6.92 Å². The van der Waals surface area contributed by atoms with Gasteiger partial charge in [0.2, 0.25) is 0 Å². The molecule has 3 N–H and O–H groups in total. The molecule has 0 aliphatic heterocycles. The van der Waals surface area contributed by atoms with Gasteiger partial charge in [0.15, 0.2) is 16.6 Å². The monoisotopic (exact) mass is 360 g/mol. The van der Waals surface area contributed by atoms with Gasteiger partial charge in [0, 0.05) is 17.8 Å². The van der Waals surface area contributed by atoms with E-state index >= 15 is 0 Å². The molecule has 0 bridgehead atoms. The lowest BCUT2D eigenvalue weighted by molar-refractivity contribution is 0.282. The average molecular weight is 360 g/mol. The average Bonchev–Trinajstić information content (AvgIpc) is 2.62. The van der Waals surface area contributed by atoms with Crippen LogP contribution in [0.2, 0.25) is 0 Å². The quantitative estimate of drug-likeness (QED) is 0.660. The Kier molecular flexibility index (Phi) is 7.03. The highest BCUT2D eigenvalue weighted by Crippen LogP contribution is 2.27. The Bertz CT molecular complexity index is 735. The van der Waals surface area contributed by atoms with E-state index in [1.165, 1.54) is 0 Å². The van der Waals surface area contributed by atoms with Gasteiger partial charge in [-0.15, -0.1) is 0 Å². The molecule has 0 spiro atoms. The maximum Gasteiger partial charge on any atom is 0.170 e. The Hall–Kier alpha value is -2.31. The molecule has 5 nitrogen and oxygen atoms in total. The van der Waals surface area contributed by atoms with Crippen LogP contribution in [0.15, 0.2) is 36.4 Å². The SMILES string of the molecule is COc1ccc(CCNC(=S)Nc2ccc(C)cc2CO)cc1OC. The zero-order valence-electron chi connectivity index (χ0n) is 14.8. The van der Waals surface area contributed by atoms with Crippen molar-refractivity contribution in [3.8, 4) is 11.5 Å². The Morgan fingerprint density at radius 3 is 2.52 bits per heavy atom. The standard InChI is InChI=1S/C19H24N2O3S/c1-13-4-6-16(15(10-13)12-22)21-19(25)20-9-8-14-5-7-17(23-2)18(11-14)24-3/h4-7,10-11,22H,8-9,12H2,1-3H3,(H2,20,21,25). The van der Waals surface area contributed by atoms with Crippen LogP contribution < -0.4 is 20.1 Å². The molecule has 0 aliphatic carbocycles. The number of aliphatic hydroxyl groups is 1. The maximum atomic E-state index is 9.45. The number of aliphatic hydroxyl groups excluding tert-OH is 1. The first-order valence-electron chi connectivity index (χ1n) is 8.03. The van der Waals surface area contributed by atoms with Crippen LogP contribution in [0.25, 0.3) is 0 Å². The number of thiocarbonyl (C=S) groups is 1. The van der Waals surface area contributed by atoms with Gasteiger partial charge < -0.3 is 25.2 Å². The largest absolute Gasteiger partial charge is 0.493 e. The van der Waals surface area contributed by atoms with Crippen LogP contribution >= 0.6 is 12.2 Å². The van der Waals surface area contributed by atoms with E-state index < -0.39 is 0 Å². The number of rotatable bonds is 7. The Morgan fingerprint density at radius 1 is 1.08 bits per heavy atom. The molecular formula is C19H24N2O3S. The van der Waals surface area contributed by atoms with Crippen molar-refractivity contribution in [1.29, 1.82) is 0 Å². The van der Waals surface area contributed by atoms with Gasteiger partial charge >= 0.3 is 0 Å². The van der Waals surface area contributed by atoms with Gasteiger partial charge in [-0.2, -0.15) is 0 Å². The topological polar surface area (TPSA) is 62.8 Å². The van der Waals surface area contributed by atoms with Gasteiger partial charge in [0.25, 0.3) is 0 Å². The molecule has 2 aromatic rings. The third-order valence-electron chi connectivity index (χ3n) is 3.83. The molecule has 0 radical (unpaired) electrons. The van der Waals surface area contributed by atoms with Gasteiger partial charge in [0.05, 0.1) is 20.8 Å². The lowest BCUT2D eigenvalue weighted by Crippen LogP contribution is -2.30. The Labute approximate surface area is 154 Å². The van der Waals surface area contributed by atoms with Gasteiger partial charge in [-0.25, -0.2) is 0 Å².